The molecule has 1 atom stereocenters. The Hall–Kier alpha value is -3.41. The lowest BCUT2D eigenvalue weighted by Gasteiger charge is -2.19. The number of carbonyl (C=O) groups is 2. The highest BCUT2D eigenvalue weighted by Crippen LogP contribution is 2.23. The molecule has 1 aromatic carbocycles. The Morgan fingerprint density at radius 2 is 1.49 bits per heavy atom. The molecule has 8 N–H and O–H groups in total. The number of allylic oxidation sites excluding steroid dienone is 4. The van der Waals surface area contributed by atoms with Crippen molar-refractivity contribution in [3.8, 4) is 5.75 Å². The maximum absolute atomic E-state index is 11.9. The van der Waals surface area contributed by atoms with Crippen molar-refractivity contribution >= 4 is 41.6 Å². The fraction of sp³-hybridized carbons (Fsp3) is 0.500. The van der Waals surface area contributed by atoms with Gasteiger partial charge in [-0.2, -0.15) is 0 Å². The number of carboxylic acid groups (broad SMARTS) is 1. The predicted molar refractivity (Wildman–Crippen MR) is 223 cm³/mol. The quantitative estimate of drug-likeness (QED) is 0.0617. The van der Waals surface area contributed by atoms with Crippen molar-refractivity contribution in [1.82, 2.24) is 5.32 Å². The molecule has 0 bridgehead atoms. The van der Waals surface area contributed by atoms with Crippen LogP contribution in [0.4, 0.5) is 0 Å². The Labute approximate surface area is 320 Å². The Morgan fingerprint density at radius 3 is 2.02 bits per heavy atom. The Balaban J connectivity index is 0.000000910. The number of carboxylic acids is 1. The lowest BCUT2D eigenvalue weighted by atomic mass is 9.96. The van der Waals surface area contributed by atoms with E-state index in [4.69, 9.17) is 40.7 Å². The zero-order valence-electron chi connectivity index (χ0n) is 32.3. The van der Waals surface area contributed by atoms with Crippen LogP contribution in [-0.4, -0.2) is 114 Å². The van der Waals surface area contributed by atoms with Crippen molar-refractivity contribution in [3.05, 3.63) is 89.1 Å². The minimum atomic E-state index is -1.05. The van der Waals surface area contributed by atoms with Crippen LogP contribution < -0.4 is 15.8 Å². The van der Waals surface area contributed by atoms with Gasteiger partial charge in [-0.05, 0) is 65.9 Å². The second kappa shape index (κ2) is 32.1. The number of nitrogens with one attached hydrogen (secondary N) is 1. The third-order valence-corrected chi connectivity index (χ3v) is 10.3. The molecule has 1 aliphatic rings. The molecule has 0 fully saturated rings. The summed E-state index contributed by atoms with van der Waals surface area (Å²) in [6, 6.07) is 8.28. The highest BCUT2D eigenvalue weighted by molar-refractivity contribution is 6.76. The van der Waals surface area contributed by atoms with E-state index in [-0.39, 0.29) is 51.5 Å². The molecule has 1 unspecified atom stereocenters. The highest BCUT2D eigenvalue weighted by Gasteiger charge is 2.14. The zero-order chi connectivity index (χ0) is 39.7. The fourth-order valence-electron chi connectivity index (χ4n) is 4.73. The summed E-state index contributed by atoms with van der Waals surface area (Å²) < 4.78 is 11.3. The number of aliphatic hydroxyl groups is 4. The van der Waals surface area contributed by atoms with Crippen molar-refractivity contribution in [2.75, 3.05) is 52.7 Å². The topological polar surface area (TPSA) is 192 Å². The number of benzene rings is 1. The minimum absolute atomic E-state index is 0.00214. The van der Waals surface area contributed by atoms with Gasteiger partial charge < -0.3 is 46.1 Å². The maximum atomic E-state index is 11.9. The average Bonchev–Trinajstić information content (AvgIpc) is 3.12. The van der Waals surface area contributed by atoms with Crippen LogP contribution in [0.1, 0.15) is 43.2 Å². The molecular formula is C40H66N2O9Si2. The third kappa shape index (κ3) is 29.7. The van der Waals surface area contributed by atoms with Crippen molar-refractivity contribution in [3.63, 3.8) is 0 Å². The Bertz CT molecular complexity index is 1300. The Kier molecular flexibility index (Phi) is 30.0. The fourth-order valence-corrected chi connectivity index (χ4v) is 6.76. The van der Waals surface area contributed by atoms with Gasteiger partial charge in [0.25, 0.3) is 0 Å². The SMILES string of the molecule is C[SiH2]CCCN.C[Si](C)(C)CCCNC(=O)CCOc1cc(/C=C/CO)cc(/C=C/CO)c1.O=C(O)CCOC1C=C(/C=C/CO)C=C(/C=C/CO)C1. The smallest absolute Gasteiger partial charge is 0.305 e. The lowest BCUT2D eigenvalue weighted by molar-refractivity contribution is -0.138. The van der Waals surface area contributed by atoms with Gasteiger partial charge in [-0.1, -0.05) is 93.0 Å². The number of hydrogen-bond acceptors (Lipinski definition) is 9. The summed E-state index contributed by atoms with van der Waals surface area (Å²) in [7, 11) is -0.724. The first-order valence-electron chi connectivity index (χ1n) is 18.5. The first-order chi connectivity index (χ1) is 25.4. The normalized spacial score (nSPS) is 14.7. The lowest BCUT2D eigenvalue weighted by Crippen LogP contribution is -2.28. The van der Waals surface area contributed by atoms with Gasteiger partial charge in [0.1, 0.15) is 5.75 Å². The van der Waals surface area contributed by atoms with Crippen LogP contribution in [0, 0.1) is 0 Å². The molecule has 13 heteroatoms. The molecule has 0 saturated heterocycles. The summed E-state index contributed by atoms with van der Waals surface area (Å²) in [4.78, 5) is 22.4. The van der Waals surface area contributed by atoms with Gasteiger partial charge in [-0.15, -0.1) is 0 Å². The van der Waals surface area contributed by atoms with E-state index in [9.17, 15) is 9.59 Å². The van der Waals surface area contributed by atoms with Crippen molar-refractivity contribution < 1.29 is 44.6 Å². The van der Waals surface area contributed by atoms with Gasteiger partial charge in [0.15, 0.2) is 0 Å². The number of aliphatic hydroxyl groups excluding tert-OH is 4. The van der Waals surface area contributed by atoms with E-state index in [0.29, 0.717) is 34.7 Å². The van der Waals surface area contributed by atoms with Crippen LogP contribution >= 0.6 is 0 Å². The molecule has 1 aliphatic carbocycles. The van der Waals surface area contributed by atoms with Crippen molar-refractivity contribution in [2.24, 2.45) is 5.73 Å². The van der Waals surface area contributed by atoms with Crippen LogP contribution in [0.2, 0.25) is 38.3 Å². The number of ether oxygens (including phenoxy) is 2. The summed E-state index contributed by atoms with van der Waals surface area (Å²) >= 11 is 0. The number of carbonyl (C=O) groups excluding carboxylic acids is 1. The van der Waals surface area contributed by atoms with Crippen LogP contribution in [0.25, 0.3) is 12.2 Å². The molecule has 1 aromatic rings. The van der Waals surface area contributed by atoms with Gasteiger partial charge >= 0.3 is 5.97 Å². The molecular weight excluding hydrogens is 709 g/mol. The average molecular weight is 775 g/mol. The van der Waals surface area contributed by atoms with Gasteiger partial charge in [-0.25, -0.2) is 0 Å². The van der Waals surface area contributed by atoms with Gasteiger partial charge in [0.05, 0.1) is 58.6 Å². The van der Waals surface area contributed by atoms with E-state index in [0.717, 1.165) is 41.8 Å². The molecule has 1 amide bonds. The van der Waals surface area contributed by atoms with Crippen LogP contribution in [0.5, 0.6) is 5.75 Å². The second-order valence-electron chi connectivity index (χ2n) is 13.4. The highest BCUT2D eigenvalue weighted by atomic mass is 28.3. The van der Waals surface area contributed by atoms with Crippen LogP contribution in [0.15, 0.2) is 78.0 Å². The molecule has 0 aliphatic heterocycles. The monoisotopic (exact) mass is 774 g/mol. The number of amides is 1. The minimum Gasteiger partial charge on any atom is -0.493 e. The van der Waals surface area contributed by atoms with Gasteiger partial charge in [-0.3, -0.25) is 9.59 Å². The zero-order valence-corrected chi connectivity index (χ0v) is 34.8. The second-order valence-corrected chi connectivity index (χ2v) is 20.8. The number of nitrogens with two attached hydrogens (primary N) is 1. The standard InChI is InChI=1S/C21H33NO4Si.C15H20O5.C4H13NSi/c1-27(2,3)14-6-10-22-21(25)9-13-26-20-16-18(7-4-11-23)15-19(17-20)8-5-12-24;16-6-1-3-12-9-13(4-2-7-17)11-14(10-12)20-8-5-15(18)19;1-6-4-2-3-5/h4-5,7-8,15-17,23-24H,6,9-14H2,1-3H3,(H,22,25);1-4,9-10,14,16-17H,5-8,11H2,(H,18,19);2-6H2,1H3/b7-4+,8-5+;3-1+,4-2+;. The first-order valence-corrected chi connectivity index (χ1v) is 24.6. The summed E-state index contributed by atoms with van der Waals surface area (Å²) in [5.74, 6) is -0.234. The summed E-state index contributed by atoms with van der Waals surface area (Å²) in [6.45, 7) is 11.2. The van der Waals surface area contributed by atoms with E-state index in [1.807, 2.05) is 36.4 Å². The van der Waals surface area contributed by atoms with Gasteiger partial charge in [0.2, 0.25) is 5.91 Å². The molecule has 0 radical (unpaired) electrons. The van der Waals surface area contributed by atoms with E-state index in [2.05, 4.69) is 31.5 Å². The molecule has 0 saturated carbocycles. The molecule has 53 heavy (non-hydrogen) atoms. The summed E-state index contributed by atoms with van der Waals surface area (Å²) in [5, 5.41) is 47.0. The van der Waals surface area contributed by atoms with Crippen LogP contribution in [-0.2, 0) is 14.3 Å². The largest absolute Gasteiger partial charge is 0.493 e. The molecule has 0 heterocycles. The van der Waals surface area contributed by atoms with E-state index in [1.165, 1.54) is 18.5 Å². The van der Waals surface area contributed by atoms with E-state index in [1.54, 1.807) is 42.5 Å². The first kappa shape index (κ1) is 49.6. The van der Waals surface area contributed by atoms with E-state index < -0.39 is 14.0 Å². The summed E-state index contributed by atoms with van der Waals surface area (Å²) in [6.07, 6.45) is 20.6. The molecule has 2 rings (SSSR count). The van der Waals surface area contributed by atoms with E-state index >= 15 is 0 Å². The maximum Gasteiger partial charge on any atom is 0.305 e. The van der Waals surface area contributed by atoms with Crippen LogP contribution in [0.3, 0.4) is 0 Å². The molecule has 11 nitrogen and oxygen atoms in total. The van der Waals surface area contributed by atoms with Crippen molar-refractivity contribution in [1.29, 1.82) is 0 Å². The predicted octanol–water partition coefficient (Wildman–Crippen LogP) is 4.48. The molecule has 298 valence electrons. The van der Waals surface area contributed by atoms with Gasteiger partial charge in [0, 0.05) is 30.6 Å². The van der Waals surface area contributed by atoms with Crippen molar-refractivity contribution in [2.45, 2.75) is 76.5 Å². The number of hydrogen-bond donors (Lipinski definition) is 7. The molecule has 0 aromatic heterocycles. The Morgan fingerprint density at radius 1 is 0.887 bits per heavy atom. The number of aliphatic carboxylic acids is 1. The molecule has 0 spiro atoms. The third-order valence-electron chi connectivity index (χ3n) is 7.28. The number of rotatable bonds is 23. The summed E-state index contributed by atoms with van der Waals surface area (Å²) in [5.41, 5.74) is 8.88.